The van der Waals surface area contributed by atoms with Crippen LogP contribution in [0.2, 0.25) is 0 Å². The van der Waals surface area contributed by atoms with Crippen molar-refractivity contribution in [3.05, 3.63) is 65.0 Å². The van der Waals surface area contributed by atoms with Crippen LogP contribution in [0.15, 0.2) is 42.5 Å². The van der Waals surface area contributed by atoms with E-state index < -0.39 is 6.10 Å². The zero-order chi connectivity index (χ0) is 18.1. The average molecular weight is 349 g/mol. The van der Waals surface area contributed by atoms with Gasteiger partial charge in [-0.05, 0) is 56.5 Å². The van der Waals surface area contributed by atoms with Gasteiger partial charge in [0.25, 0.3) is 0 Å². The number of nitrogens with one attached hydrogen (secondary N) is 1. The summed E-state index contributed by atoms with van der Waals surface area (Å²) >= 11 is 0. The normalized spacial score (nSPS) is 19.7. The minimum absolute atomic E-state index is 0.405. The standard InChI is InChI=1S/C22H27N3O/c1-15-9-10-18(16(2)12-15)21(26)14-25-11-5-6-17(13-25)22-23-19-7-3-4-8-20(19)24-22/h3-4,7-10,12,17,21,26H,5-6,11,13-14H2,1-2H3,(H,23,24)/t17-,21+/m0/s1. The van der Waals surface area contributed by atoms with Crippen molar-refractivity contribution in [2.75, 3.05) is 19.6 Å². The molecule has 4 rings (SSSR count). The number of para-hydroxylation sites is 2. The number of piperidine rings is 1. The molecular formula is C22H27N3O. The highest BCUT2D eigenvalue weighted by molar-refractivity contribution is 5.74. The Morgan fingerprint density at radius 3 is 2.88 bits per heavy atom. The van der Waals surface area contributed by atoms with Crippen molar-refractivity contribution >= 4 is 11.0 Å². The third kappa shape index (κ3) is 3.53. The van der Waals surface area contributed by atoms with Crippen LogP contribution in [0.25, 0.3) is 11.0 Å². The maximum atomic E-state index is 10.8. The molecule has 1 aliphatic heterocycles. The number of benzene rings is 2. The summed E-state index contributed by atoms with van der Waals surface area (Å²) in [6.45, 7) is 6.84. The first-order valence-corrected chi connectivity index (χ1v) is 9.52. The van der Waals surface area contributed by atoms with Crippen LogP contribution in [0.3, 0.4) is 0 Å². The SMILES string of the molecule is Cc1ccc([C@H](O)CN2CCC[C@H](c3nc4ccccc4[nH]3)C2)c(C)c1. The number of aryl methyl sites for hydroxylation is 2. The number of nitrogens with zero attached hydrogens (tertiary/aromatic N) is 2. The Morgan fingerprint density at radius 1 is 1.23 bits per heavy atom. The second-order valence-corrected chi connectivity index (χ2v) is 7.61. The molecule has 2 N–H and O–H groups in total. The molecule has 0 bridgehead atoms. The second kappa shape index (κ2) is 7.22. The van der Waals surface area contributed by atoms with Gasteiger partial charge in [-0.3, -0.25) is 4.90 Å². The number of β-amino-alcohol motifs (C(OH)–C–C–N with tert-alkyl or cyclic N) is 1. The van der Waals surface area contributed by atoms with Gasteiger partial charge >= 0.3 is 0 Å². The number of likely N-dealkylation sites (tertiary alicyclic amines) is 1. The molecule has 4 nitrogen and oxygen atoms in total. The van der Waals surface area contributed by atoms with E-state index in [0.29, 0.717) is 12.5 Å². The van der Waals surface area contributed by atoms with Crippen LogP contribution in [0.1, 0.15) is 47.4 Å². The third-order valence-electron chi connectivity index (χ3n) is 5.52. The van der Waals surface area contributed by atoms with Crippen molar-refractivity contribution in [1.29, 1.82) is 0 Å². The number of hydrogen-bond acceptors (Lipinski definition) is 3. The Kier molecular flexibility index (Phi) is 4.79. The molecule has 0 radical (unpaired) electrons. The summed E-state index contributed by atoms with van der Waals surface area (Å²) in [6.07, 6.45) is 1.85. The second-order valence-electron chi connectivity index (χ2n) is 7.61. The molecule has 2 atom stereocenters. The van der Waals surface area contributed by atoms with E-state index in [1.165, 1.54) is 11.1 Å². The van der Waals surface area contributed by atoms with Gasteiger partial charge in [0, 0.05) is 19.0 Å². The summed E-state index contributed by atoms with van der Waals surface area (Å²) in [5.41, 5.74) is 5.59. The van der Waals surface area contributed by atoms with Gasteiger partial charge in [0.2, 0.25) is 0 Å². The van der Waals surface area contributed by atoms with E-state index in [1.54, 1.807) is 0 Å². The number of imidazole rings is 1. The molecule has 3 aromatic rings. The Bertz CT molecular complexity index is 868. The highest BCUT2D eigenvalue weighted by Crippen LogP contribution is 2.28. The topological polar surface area (TPSA) is 52.1 Å². The first-order valence-electron chi connectivity index (χ1n) is 9.52. The van der Waals surface area contributed by atoms with Gasteiger partial charge in [0.1, 0.15) is 5.82 Å². The van der Waals surface area contributed by atoms with Crippen LogP contribution >= 0.6 is 0 Å². The molecule has 0 aliphatic carbocycles. The fraction of sp³-hybridized carbons (Fsp3) is 0.409. The van der Waals surface area contributed by atoms with Crippen LogP contribution in [0.4, 0.5) is 0 Å². The average Bonchev–Trinajstić information content (AvgIpc) is 3.06. The molecule has 1 fully saturated rings. The van der Waals surface area contributed by atoms with Crippen LogP contribution in [0.5, 0.6) is 0 Å². The van der Waals surface area contributed by atoms with Gasteiger partial charge in [-0.1, -0.05) is 35.9 Å². The summed E-state index contributed by atoms with van der Waals surface area (Å²) in [5, 5.41) is 10.8. The zero-order valence-corrected chi connectivity index (χ0v) is 15.6. The lowest BCUT2D eigenvalue weighted by molar-refractivity contribution is 0.0942. The number of aliphatic hydroxyl groups excluding tert-OH is 1. The number of aromatic nitrogens is 2. The van der Waals surface area contributed by atoms with E-state index >= 15 is 0 Å². The molecule has 26 heavy (non-hydrogen) atoms. The number of fused-ring (bicyclic) bond motifs is 1. The van der Waals surface area contributed by atoms with Gasteiger partial charge in [-0.25, -0.2) is 4.98 Å². The highest BCUT2D eigenvalue weighted by Gasteiger charge is 2.25. The van der Waals surface area contributed by atoms with E-state index in [1.807, 2.05) is 12.1 Å². The van der Waals surface area contributed by atoms with Gasteiger partial charge in [0.05, 0.1) is 17.1 Å². The highest BCUT2D eigenvalue weighted by atomic mass is 16.3. The molecule has 1 aliphatic rings. The molecule has 2 heterocycles. The first kappa shape index (κ1) is 17.3. The smallest absolute Gasteiger partial charge is 0.111 e. The number of hydrogen-bond donors (Lipinski definition) is 2. The van der Waals surface area contributed by atoms with Crippen molar-refractivity contribution in [3.8, 4) is 0 Å². The monoisotopic (exact) mass is 349 g/mol. The van der Waals surface area contributed by atoms with Crippen LogP contribution in [-0.2, 0) is 0 Å². The molecular weight excluding hydrogens is 322 g/mol. The van der Waals surface area contributed by atoms with Crippen LogP contribution in [-0.4, -0.2) is 39.6 Å². The molecule has 1 saturated heterocycles. The maximum Gasteiger partial charge on any atom is 0.111 e. The van der Waals surface area contributed by atoms with Gasteiger partial charge in [0.15, 0.2) is 0 Å². The predicted molar refractivity (Wildman–Crippen MR) is 105 cm³/mol. The number of aromatic amines is 1. The van der Waals surface area contributed by atoms with Crippen molar-refractivity contribution in [2.45, 2.75) is 38.7 Å². The summed E-state index contributed by atoms with van der Waals surface area (Å²) < 4.78 is 0. The van der Waals surface area contributed by atoms with Crippen molar-refractivity contribution in [2.24, 2.45) is 0 Å². The third-order valence-corrected chi connectivity index (χ3v) is 5.52. The predicted octanol–water partition coefficient (Wildman–Crippen LogP) is 4.09. The Morgan fingerprint density at radius 2 is 2.08 bits per heavy atom. The van der Waals surface area contributed by atoms with Crippen molar-refractivity contribution < 1.29 is 5.11 Å². The summed E-state index contributed by atoms with van der Waals surface area (Å²) in [4.78, 5) is 10.7. The molecule has 1 aromatic heterocycles. The first-order chi connectivity index (χ1) is 12.6. The minimum atomic E-state index is -0.440. The van der Waals surface area contributed by atoms with Gasteiger partial charge < -0.3 is 10.1 Å². The van der Waals surface area contributed by atoms with E-state index in [0.717, 1.165) is 48.4 Å². The fourth-order valence-electron chi connectivity index (χ4n) is 4.15. The lowest BCUT2D eigenvalue weighted by Gasteiger charge is -2.33. The van der Waals surface area contributed by atoms with Crippen molar-refractivity contribution in [3.63, 3.8) is 0 Å². The van der Waals surface area contributed by atoms with E-state index in [9.17, 15) is 5.11 Å². The molecule has 0 saturated carbocycles. The summed E-state index contributed by atoms with van der Waals surface area (Å²) in [6, 6.07) is 14.5. The maximum absolute atomic E-state index is 10.8. The molecule has 4 heteroatoms. The molecule has 136 valence electrons. The molecule has 0 unspecified atom stereocenters. The van der Waals surface area contributed by atoms with E-state index in [4.69, 9.17) is 4.98 Å². The minimum Gasteiger partial charge on any atom is -0.387 e. The van der Waals surface area contributed by atoms with Crippen LogP contribution < -0.4 is 0 Å². The molecule has 0 spiro atoms. The van der Waals surface area contributed by atoms with E-state index in [2.05, 4.69) is 54.1 Å². The van der Waals surface area contributed by atoms with Crippen LogP contribution in [0, 0.1) is 13.8 Å². The Labute approximate surface area is 154 Å². The van der Waals surface area contributed by atoms with Gasteiger partial charge in [-0.15, -0.1) is 0 Å². The lowest BCUT2D eigenvalue weighted by Crippen LogP contribution is -2.37. The van der Waals surface area contributed by atoms with E-state index in [-0.39, 0.29) is 0 Å². The Hall–Kier alpha value is -2.17. The number of rotatable bonds is 4. The largest absolute Gasteiger partial charge is 0.387 e. The Balaban J connectivity index is 1.46. The quantitative estimate of drug-likeness (QED) is 0.746. The lowest BCUT2D eigenvalue weighted by atomic mass is 9.95. The zero-order valence-electron chi connectivity index (χ0n) is 15.6. The summed E-state index contributed by atoms with van der Waals surface area (Å²) in [5.74, 6) is 1.49. The van der Waals surface area contributed by atoms with Gasteiger partial charge in [-0.2, -0.15) is 0 Å². The number of aliphatic hydroxyl groups is 1. The van der Waals surface area contributed by atoms with Crippen molar-refractivity contribution in [1.82, 2.24) is 14.9 Å². The molecule has 2 aromatic carbocycles. The molecule has 0 amide bonds. The fourth-order valence-corrected chi connectivity index (χ4v) is 4.15. The summed E-state index contributed by atoms with van der Waals surface area (Å²) in [7, 11) is 0. The number of H-pyrrole nitrogens is 1.